The number of fused-ring (bicyclic) bond motifs is 1. The highest BCUT2D eigenvalue weighted by molar-refractivity contribution is 7.17. The van der Waals surface area contributed by atoms with E-state index in [2.05, 4.69) is 4.98 Å². The molecule has 0 saturated heterocycles. The second-order valence-electron chi connectivity index (χ2n) is 5.11. The predicted molar refractivity (Wildman–Crippen MR) is 88.3 cm³/mol. The van der Waals surface area contributed by atoms with Crippen molar-refractivity contribution in [1.29, 1.82) is 0 Å². The number of carbonyl (C=O) groups is 1. The molecule has 3 aromatic rings. The molecule has 0 aliphatic heterocycles. The lowest BCUT2D eigenvalue weighted by molar-refractivity contribution is -0.384. The lowest BCUT2D eigenvalue weighted by atomic mass is 10.1. The van der Waals surface area contributed by atoms with Crippen molar-refractivity contribution in [3.05, 3.63) is 56.4 Å². The second kappa shape index (κ2) is 5.85. The van der Waals surface area contributed by atoms with E-state index in [4.69, 9.17) is 5.11 Å². The summed E-state index contributed by atoms with van der Waals surface area (Å²) >= 11 is 1.22. The topological polar surface area (TPSA) is 115 Å². The van der Waals surface area contributed by atoms with E-state index in [0.29, 0.717) is 16.0 Å². The van der Waals surface area contributed by atoms with E-state index in [1.165, 1.54) is 42.8 Å². The molecule has 2 aromatic heterocycles. The molecule has 1 unspecified atom stereocenters. The molecular formula is C15H11N3O5S. The first-order valence-electron chi connectivity index (χ1n) is 6.86. The van der Waals surface area contributed by atoms with Gasteiger partial charge in [0.2, 0.25) is 0 Å². The van der Waals surface area contributed by atoms with Gasteiger partial charge >= 0.3 is 5.97 Å². The average molecular weight is 345 g/mol. The molecule has 1 aromatic carbocycles. The summed E-state index contributed by atoms with van der Waals surface area (Å²) in [6.45, 7) is 1.39. The fourth-order valence-corrected chi connectivity index (χ4v) is 3.25. The average Bonchev–Trinajstić information content (AvgIpc) is 2.99. The fourth-order valence-electron chi connectivity index (χ4n) is 2.34. The number of non-ortho nitro benzene ring substituents is 1. The highest BCUT2D eigenvalue weighted by Crippen LogP contribution is 2.32. The number of nitro groups is 1. The first kappa shape index (κ1) is 15.8. The number of aromatic nitrogens is 2. The maximum atomic E-state index is 12.7. The Morgan fingerprint density at radius 3 is 2.88 bits per heavy atom. The number of rotatable bonds is 4. The van der Waals surface area contributed by atoms with Gasteiger partial charge in [0.15, 0.2) is 0 Å². The highest BCUT2D eigenvalue weighted by atomic mass is 32.1. The Balaban J connectivity index is 2.25. The molecule has 3 rings (SSSR count). The third-order valence-corrected chi connectivity index (χ3v) is 4.55. The van der Waals surface area contributed by atoms with Crippen LogP contribution in [0.4, 0.5) is 5.69 Å². The van der Waals surface area contributed by atoms with Crippen LogP contribution in [0.25, 0.3) is 21.3 Å². The molecule has 24 heavy (non-hydrogen) atoms. The minimum Gasteiger partial charge on any atom is -0.480 e. The molecule has 0 saturated carbocycles. The van der Waals surface area contributed by atoms with Gasteiger partial charge in [-0.15, -0.1) is 11.3 Å². The molecule has 8 nitrogen and oxygen atoms in total. The van der Waals surface area contributed by atoms with E-state index in [0.717, 1.165) is 4.57 Å². The van der Waals surface area contributed by atoms with E-state index in [1.807, 2.05) is 0 Å². The van der Waals surface area contributed by atoms with Crippen molar-refractivity contribution >= 4 is 33.2 Å². The molecule has 0 radical (unpaired) electrons. The van der Waals surface area contributed by atoms with Gasteiger partial charge in [0.25, 0.3) is 11.2 Å². The molecule has 9 heteroatoms. The largest absolute Gasteiger partial charge is 0.480 e. The van der Waals surface area contributed by atoms with Crippen molar-refractivity contribution in [1.82, 2.24) is 9.55 Å². The van der Waals surface area contributed by atoms with Crippen molar-refractivity contribution in [3.63, 3.8) is 0 Å². The van der Waals surface area contributed by atoms with Crippen molar-refractivity contribution in [2.24, 2.45) is 0 Å². The fraction of sp³-hybridized carbons (Fsp3) is 0.133. The minimum atomic E-state index is -1.15. The molecule has 0 amide bonds. The van der Waals surface area contributed by atoms with Gasteiger partial charge in [-0.3, -0.25) is 19.5 Å². The van der Waals surface area contributed by atoms with Crippen LogP contribution in [-0.2, 0) is 4.79 Å². The van der Waals surface area contributed by atoms with Gasteiger partial charge in [0.1, 0.15) is 10.9 Å². The third kappa shape index (κ3) is 2.54. The van der Waals surface area contributed by atoms with E-state index in [9.17, 15) is 19.7 Å². The Labute approximate surface area is 138 Å². The maximum absolute atomic E-state index is 12.7. The summed E-state index contributed by atoms with van der Waals surface area (Å²) < 4.78 is 1.04. The van der Waals surface area contributed by atoms with Crippen molar-refractivity contribution in [2.75, 3.05) is 0 Å². The Kier molecular flexibility index (Phi) is 3.86. The van der Waals surface area contributed by atoms with Crippen molar-refractivity contribution in [2.45, 2.75) is 13.0 Å². The van der Waals surface area contributed by atoms with Crippen molar-refractivity contribution < 1.29 is 14.8 Å². The van der Waals surface area contributed by atoms with E-state index in [1.54, 1.807) is 11.4 Å². The van der Waals surface area contributed by atoms with Crippen LogP contribution in [0.3, 0.4) is 0 Å². The number of thiophene rings is 1. The SMILES string of the molecule is CC(C(=O)O)n1cnc2scc(-c3cccc([N+](=O)[O-])c3)c2c1=O. The van der Waals surface area contributed by atoms with Crippen LogP contribution in [0, 0.1) is 10.1 Å². The van der Waals surface area contributed by atoms with Crippen LogP contribution in [0.1, 0.15) is 13.0 Å². The van der Waals surface area contributed by atoms with Crippen LogP contribution in [0.5, 0.6) is 0 Å². The first-order valence-corrected chi connectivity index (χ1v) is 7.74. The molecule has 0 spiro atoms. The monoisotopic (exact) mass is 345 g/mol. The number of carboxylic acid groups (broad SMARTS) is 1. The summed E-state index contributed by atoms with van der Waals surface area (Å²) in [6, 6.07) is 4.87. The predicted octanol–water partition coefficient (Wildman–Crippen LogP) is 2.68. The van der Waals surface area contributed by atoms with E-state index >= 15 is 0 Å². The van der Waals surface area contributed by atoms with Crippen LogP contribution >= 0.6 is 11.3 Å². The lowest BCUT2D eigenvalue weighted by Gasteiger charge is -2.10. The Morgan fingerprint density at radius 2 is 2.21 bits per heavy atom. The molecule has 1 N–H and O–H groups in total. The zero-order valence-electron chi connectivity index (χ0n) is 12.4. The molecule has 122 valence electrons. The molecule has 0 aliphatic carbocycles. The molecule has 0 aliphatic rings. The highest BCUT2D eigenvalue weighted by Gasteiger charge is 2.20. The zero-order chi connectivity index (χ0) is 17.4. The third-order valence-electron chi connectivity index (χ3n) is 3.66. The van der Waals surface area contributed by atoms with Gasteiger partial charge in [-0.1, -0.05) is 12.1 Å². The van der Waals surface area contributed by atoms with Gasteiger partial charge in [-0.25, -0.2) is 9.78 Å². The Hall–Kier alpha value is -3.07. The number of hydrogen-bond donors (Lipinski definition) is 1. The number of hydrogen-bond acceptors (Lipinski definition) is 6. The van der Waals surface area contributed by atoms with Gasteiger partial charge in [0, 0.05) is 23.1 Å². The quantitative estimate of drug-likeness (QED) is 0.574. The lowest BCUT2D eigenvalue weighted by Crippen LogP contribution is -2.28. The Morgan fingerprint density at radius 1 is 1.46 bits per heavy atom. The van der Waals surface area contributed by atoms with E-state index < -0.39 is 22.5 Å². The molecule has 1 atom stereocenters. The van der Waals surface area contributed by atoms with Crippen molar-refractivity contribution in [3.8, 4) is 11.1 Å². The van der Waals surface area contributed by atoms with Crippen LogP contribution in [-0.4, -0.2) is 25.6 Å². The number of carboxylic acids is 1. The second-order valence-corrected chi connectivity index (χ2v) is 5.97. The number of benzene rings is 1. The Bertz CT molecular complexity index is 1020. The van der Waals surface area contributed by atoms with Crippen LogP contribution in [0.2, 0.25) is 0 Å². The number of nitro benzene ring substituents is 1. The summed E-state index contributed by atoms with van der Waals surface area (Å²) in [6.07, 6.45) is 1.21. The van der Waals surface area contributed by atoms with Gasteiger partial charge in [0.05, 0.1) is 16.6 Å². The summed E-state index contributed by atoms with van der Waals surface area (Å²) in [5.41, 5.74) is 0.436. The minimum absolute atomic E-state index is 0.0880. The van der Waals surface area contributed by atoms with Crippen LogP contribution < -0.4 is 5.56 Å². The first-order chi connectivity index (χ1) is 11.4. The summed E-state index contributed by atoms with van der Waals surface area (Å²) in [4.78, 5) is 38.8. The maximum Gasteiger partial charge on any atom is 0.326 e. The zero-order valence-corrected chi connectivity index (χ0v) is 13.2. The normalized spacial score (nSPS) is 12.2. The van der Waals surface area contributed by atoms with E-state index in [-0.39, 0.29) is 11.1 Å². The number of aliphatic carboxylic acids is 1. The summed E-state index contributed by atoms with van der Waals surface area (Å²) in [5.74, 6) is -1.15. The summed E-state index contributed by atoms with van der Waals surface area (Å²) in [7, 11) is 0. The van der Waals surface area contributed by atoms with Gasteiger partial charge in [-0.05, 0) is 12.5 Å². The molecule has 0 bridgehead atoms. The smallest absolute Gasteiger partial charge is 0.326 e. The van der Waals surface area contributed by atoms with Crippen LogP contribution in [0.15, 0.2) is 40.8 Å². The molecular weight excluding hydrogens is 334 g/mol. The van der Waals surface area contributed by atoms with Gasteiger partial charge in [-0.2, -0.15) is 0 Å². The molecule has 2 heterocycles. The van der Waals surface area contributed by atoms with Gasteiger partial charge < -0.3 is 5.11 Å². The number of nitrogens with zero attached hydrogens (tertiary/aromatic N) is 3. The summed E-state index contributed by atoms with van der Waals surface area (Å²) in [5, 5.41) is 22.0. The standard InChI is InChI=1S/C15H11N3O5S/c1-8(15(20)21)17-7-16-13-12(14(17)19)11(6-24-13)9-3-2-4-10(5-9)18(22)23/h2-8H,1H3,(H,20,21). The molecule has 0 fully saturated rings.